The molecule has 0 bridgehead atoms. The molecule has 0 N–H and O–H groups in total. The summed E-state index contributed by atoms with van der Waals surface area (Å²) in [5, 5.41) is 4.10. The van der Waals surface area contributed by atoms with Crippen LogP contribution in [0.15, 0.2) is 30.5 Å². The quantitative estimate of drug-likeness (QED) is 0.767. The van der Waals surface area contributed by atoms with Crippen molar-refractivity contribution in [1.29, 1.82) is 0 Å². The Balaban J connectivity index is 2.12. The van der Waals surface area contributed by atoms with E-state index in [9.17, 15) is 4.79 Å². The summed E-state index contributed by atoms with van der Waals surface area (Å²) in [6.07, 6.45) is 2.47. The maximum atomic E-state index is 11.9. The Kier molecular flexibility index (Phi) is 4.98. The maximum absolute atomic E-state index is 11.9. The van der Waals surface area contributed by atoms with Gasteiger partial charge in [0.25, 0.3) is 0 Å². The third-order valence-corrected chi connectivity index (χ3v) is 3.24. The van der Waals surface area contributed by atoms with Crippen LogP contribution in [0.3, 0.4) is 0 Å². The second-order valence-corrected chi connectivity index (χ2v) is 4.64. The molecule has 2 aromatic rings. The topological polar surface area (TPSA) is 53.3 Å². The van der Waals surface area contributed by atoms with Crippen molar-refractivity contribution in [3.8, 4) is 5.75 Å². The Hall–Kier alpha value is -2.30. The van der Waals surface area contributed by atoms with Crippen LogP contribution >= 0.6 is 0 Å². The average Bonchev–Trinajstić information content (AvgIpc) is 2.86. The number of benzene rings is 1. The SMILES string of the molecule is CCOC(=O)c1cnn(C)c1COc1cccc(CC)c1. The van der Waals surface area contributed by atoms with Crippen LogP contribution in [-0.2, 0) is 24.8 Å². The molecule has 0 atom stereocenters. The first-order chi connectivity index (χ1) is 10.2. The predicted molar refractivity (Wildman–Crippen MR) is 79.3 cm³/mol. The lowest BCUT2D eigenvalue weighted by Crippen LogP contribution is -2.11. The fraction of sp³-hybridized carbons (Fsp3) is 0.375. The molecule has 0 unspecified atom stereocenters. The van der Waals surface area contributed by atoms with Crippen molar-refractivity contribution in [3.63, 3.8) is 0 Å². The lowest BCUT2D eigenvalue weighted by Gasteiger charge is -2.09. The highest BCUT2D eigenvalue weighted by Gasteiger charge is 2.17. The summed E-state index contributed by atoms with van der Waals surface area (Å²) >= 11 is 0. The number of aryl methyl sites for hydroxylation is 2. The third kappa shape index (κ3) is 3.62. The van der Waals surface area contributed by atoms with E-state index in [1.165, 1.54) is 11.8 Å². The molecule has 0 aliphatic carbocycles. The van der Waals surface area contributed by atoms with Crippen molar-refractivity contribution >= 4 is 5.97 Å². The van der Waals surface area contributed by atoms with Crippen molar-refractivity contribution in [3.05, 3.63) is 47.3 Å². The lowest BCUT2D eigenvalue weighted by molar-refractivity contribution is 0.0523. The molecule has 2 rings (SSSR count). The van der Waals surface area contributed by atoms with Gasteiger partial charge in [-0.3, -0.25) is 4.68 Å². The molecule has 0 aliphatic rings. The smallest absolute Gasteiger partial charge is 0.341 e. The molecular formula is C16H20N2O3. The first-order valence-corrected chi connectivity index (χ1v) is 7.05. The minimum Gasteiger partial charge on any atom is -0.487 e. The van der Waals surface area contributed by atoms with E-state index < -0.39 is 0 Å². The number of esters is 1. The zero-order valence-corrected chi connectivity index (χ0v) is 12.6. The average molecular weight is 288 g/mol. The number of carbonyl (C=O) groups excluding carboxylic acids is 1. The van der Waals surface area contributed by atoms with Crippen LogP contribution in [0.1, 0.15) is 35.5 Å². The number of carbonyl (C=O) groups is 1. The Morgan fingerprint density at radius 3 is 2.86 bits per heavy atom. The van der Waals surface area contributed by atoms with Gasteiger partial charge in [0.15, 0.2) is 0 Å². The summed E-state index contributed by atoms with van der Waals surface area (Å²) in [5.41, 5.74) is 2.37. The number of ether oxygens (including phenoxy) is 2. The number of hydrogen-bond acceptors (Lipinski definition) is 4. The van der Waals surface area contributed by atoms with E-state index in [0.29, 0.717) is 17.9 Å². The van der Waals surface area contributed by atoms with Gasteiger partial charge in [-0.15, -0.1) is 0 Å². The Morgan fingerprint density at radius 1 is 1.33 bits per heavy atom. The van der Waals surface area contributed by atoms with E-state index in [0.717, 1.165) is 12.2 Å². The highest BCUT2D eigenvalue weighted by molar-refractivity contribution is 5.90. The van der Waals surface area contributed by atoms with Crippen LogP contribution in [0.5, 0.6) is 5.75 Å². The molecule has 0 radical (unpaired) electrons. The van der Waals surface area contributed by atoms with E-state index in [1.807, 2.05) is 18.2 Å². The summed E-state index contributed by atoms with van der Waals surface area (Å²) in [4.78, 5) is 11.9. The van der Waals surface area contributed by atoms with Crippen LogP contribution < -0.4 is 4.74 Å². The van der Waals surface area contributed by atoms with Gasteiger partial charge in [-0.2, -0.15) is 5.10 Å². The molecular weight excluding hydrogens is 268 g/mol. The second kappa shape index (κ2) is 6.92. The molecule has 112 valence electrons. The largest absolute Gasteiger partial charge is 0.487 e. The van der Waals surface area contributed by atoms with Gasteiger partial charge >= 0.3 is 5.97 Å². The van der Waals surface area contributed by atoms with Crippen LogP contribution in [0.4, 0.5) is 0 Å². The van der Waals surface area contributed by atoms with Crippen LogP contribution in [0, 0.1) is 0 Å². The number of aromatic nitrogens is 2. The van der Waals surface area contributed by atoms with Gasteiger partial charge in [0.2, 0.25) is 0 Å². The van der Waals surface area contributed by atoms with Crippen molar-refractivity contribution in [2.24, 2.45) is 7.05 Å². The van der Waals surface area contributed by atoms with E-state index >= 15 is 0 Å². The molecule has 0 saturated heterocycles. The Bertz CT molecular complexity index is 620. The Labute approximate surface area is 124 Å². The van der Waals surface area contributed by atoms with E-state index in [2.05, 4.69) is 18.1 Å². The second-order valence-electron chi connectivity index (χ2n) is 4.64. The van der Waals surface area contributed by atoms with Crippen molar-refractivity contribution < 1.29 is 14.3 Å². The van der Waals surface area contributed by atoms with Crippen LogP contribution in [0.25, 0.3) is 0 Å². The normalized spacial score (nSPS) is 10.4. The monoisotopic (exact) mass is 288 g/mol. The van der Waals surface area contributed by atoms with E-state index in [4.69, 9.17) is 9.47 Å². The zero-order chi connectivity index (χ0) is 15.2. The fourth-order valence-corrected chi connectivity index (χ4v) is 2.02. The van der Waals surface area contributed by atoms with Gasteiger partial charge in [-0.1, -0.05) is 19.1 Å². The molecule has 0 saturated carbocycles. The van der Waals surface area contributed by atoms with Gasteiger partial charge in [0.1, 0.15) is 17.9 Å². The third-order valence-electron chi connectivity index (χ3n) is 3.24. The minimum atomic E-state index is -0.369. The molecule has 1 heterocycles. The lowest BCUT2D eigenvalue weighted by atomic mass is 10.2. The number of rotatable bonds is 6. The summed E-state index contributed by atoms with van der Waals surface area (Å²) < 4.78 is 12.4. The molecule has 0 aliphatic heterocycles. The van der Waals surface area contributed by atoms with Crippen molar-refractivity contribution in [1.82, 2.24) is 9.78 Å². The molecule has 1 aromatic heterocycles. The Morgan fingerprint density at radius 2 is 2.14 bits per heavy atom. The van der Waals surface area contributed by atoms with Crippen molar-refractivity contribution in [2.45, 2.75) is 26.9 Å². The molecule has 1 aromatic carbocycles. The standard InChI is InChI=1S/C16H20N2O3/c1-4-12-7-6-8-13(9-12)21-11-15-14(10-17-18(15)3)16(19)20-5-2/h6-10H,4-5,11H2,1-3H3. The summed E-state index contributed by atoms with van der Waals surface area (Å²) in [6.45, 7) is 4.49. The van der Waals surface area contributed by atoms with Crippen LogP contribution in [0.2, 0.25) is 0 Å². The zero-order valence-electron chi connectivity index (χ0n) is 12.6. The van der Waals surface area contributed by atoms with Gasteiger partial charge in [0.05, 0.1) is 18.5 Å². The predicted octanol–water partition coefficient (Wildman–Crippen LogP) is 2.74. The highest BCUT2D eigenvalue weighted by Crippen LogP contribution is 2.17. The molecule has 21 heavy (non-hydrogen) atoms. The molecule has 0 fully saturated rings. The fourth-order valence-electron chi connectivity index (χ4n) is 2.02. The summed E-state index contributed by atoms with van der Waals surface area (Å²) in [6, 6.07) is 7.92. The molecule has 0 spiro atoms. The van der Waals surface area contributed by atoms with Crippen LogP contribution in [-0.4, -0.2) is 22.4 Å². The van der Waals surface area contributed by atoms with Gasteiger partial charge in [0, 0.05) is 7.05 Å². The molecule has 0 amide bonds. The summed E-state index contributed by atoms with van der Waals surface area (Å²) in [5.74, 6) is 0.414. The maximum Gasteiger partial charge on any atom is 0.341 e. The van der Waals surface area contributed by atoms with Gasteiger partial charge in [-0.25, -0.2) is 4.79 Å². The first kappa shape index (κ1) is 15.1. The van der Waals surface area contributed by atoms with Gasteiger partial charge < -0.3 is 9.47 Å². The summed E-state index contributed by atoms with van der Waals surface area (Å²) in [7, 11) is 1.78. The highest BCUT2D eigenvalue weighted by atomic mass is 16.5. The molecule has 5 heteroatoms. The first-order valence-electron chi connectivity index (χ1n) is 7.05. The van der Waals surface area contributed by atoms with E-state index in [1.54, 1.807) is 18.7 Å². The minimum absolute atomic E-state index is 0.276. The molecule has 5 nitrogen and oxygen atoms in total. The van der Waals surface area contributed by atoms with Gasteiger partial charge in [-0.05, 0) is 31.0 Å². The number of hydrogen-bond donors (Lipinski definition) is 0. The van der Waals surface area contributed by atoms with Crippen molar-refractivity contribution in [2.75, 3.05) is 6.61 Å². The van der Waals surface area contributed by atoms with E-state index in [-0.39, 0.29) is 12.6 Å². The number of nitrogens with zero attached hydrogens (tertiary/aromatic N) is 2.